The maximum Gasteiger partial charge on any atom is 0.319 e. The minimum atomic E-state index is -0.820. The van der Waals surface area contributed by atoms with E-state index in [1.807, 2.05) is 60.7 Å². The number of hydrogen-bond donors (Lipinski definition) is 3. The van der Waals surface area contributed by atoms with Gasteiger partial charge in [0, 0.05) is 22.7 Å². The Hall–Kier alpha value is -3.75. The second kappa shape index (κ2) is 10.7. The summed E-state index contributed by atoms with van der Waals surface area (Å²) < 4.78 is 0. The van der Waals surface area contributed by atoms with Gasteiger partial charge < -0.3 is 10.6 Å². The van der Waals surface area contributed by atoms with E-state index in [2.05, 4.69) is 26.1 Å². The molecule has 3 amide bonds. The number of benzene rings is 3. The Morgan fingerprint density at radius 2 is 1.52 bits per heavy atom. The fourth-order valence-corrected chi connectivity index (χ4v) is 3.96. The molecule has 3 N–H and O–H groups in total. The average molecular weight is 478 g/mol. The van der Waals surface area contributed by atoms with Gasteiger partial charge in [0.15, 0.2) is 0 Å². The van der Waals surface area contributed by atoms with Crippen LogP contribution in [0.3, 0.4) is 0 Å². The van der Waals surface area contributed by atoms with Crippen LogP contribution in [-0.2, 0) is 11.2 Å². The van der Waals surface area contributed by atoms with E-state index in [1.54, 1.807) is 24.3 Å². The molecule has 4 aromatic rings. The Kier molecular flexibility index (Phi) is 7.29. The zero-order valence-corrected chi connectivity index (χ0v) is 18.9. The fraction of sp³-hybridized carbons (Fsp3) is 0.0833. The van der Waals surface area contributed by atoms with Crippen molar-refractivity contribution in [2.75, 3.05) is 10.6 Å². The van der Waals surface area contributed by atoms with Crippen molar-refractivity contribution in [3.63, 3.8) is 0 Å². The number of carbonyl (C=O) groups is 2. The molecule has 9 heteroatoms. The standard InChI is InChI=1S/C24H20ClN5O2S/c25-18-13-11-17(12-14-18)22-29-30-24(33-22)28-21(31)20(15-16-7-3-1-4-8-16)27-23(32)26-19-9-5-2-6-10-19/h1-14,20H,15H2,(H2,26,27,32)(H,28,30,31). The van der Waals surface area contributed by atoms with Crippen LogP contribution in [0.5, 0.6) is 0 Å². The van der Waals surface area contributed by atoms with E-state index in [1.165, 1.54) is 11.3 Å². The van der Waals surface area contributed by atoms with Crippen LogP contribution in [0.4, 0.5) is 15.6 Å². The smallest absolute Gasteiger partial charge is 0.319 e. The van der Waals surface area contributed by atoms with E-state index < -0.39 is 12.1 Å². The highest BCUT2D eigenvalue weighted by Gasteiger charge is 2.23. The number of amides is 3. The zero-order chi connectivity index (χ0) is 23.0. The molecular weight excluding hydrogens is 458 g/mol. The molecule has 0 fully saturated rings. The van der Waals surface area contributed by atoms with Crippen LogP contribution >= 0.6 is 22.9 Å². The number of para-hydroxylation sites is 1. The third kappa shape index (κ3) is 6.38. The molecule has 0 aliphatic rings. The molecular formula is C24H20ClN5O2S. The first-order valence-electron chi connectivity index (χ1n) is 10.1. The van der Waals surface area contributed by atoms with Crippen molar-refractivity contribution < 1.29 is 9.59 Å². The highest BCUT2D eigenvalue weighted by Crippen LogP contribution is 2.27. The van der Waals surface area contributed by atoms with E-state index in [9.17, 15) is 9.59 Å². The van der Waals surface area contributed by atoms with Crippen molar-refractivity contribution in [1.82, 2.24) is 15.5 Å². The van der Waals surface area contributed by atoms with E-state index in [0.29, 0.717) is 27.3 Å². The number of rotatable bonds is 7. The normalized spacial score (nSPS) is 11.4. The Balaban J connectivity index is 1.46. The highest BCUT2D eigenvalue weighted by atomic mass is 35.5. The van der Waals surface area contributed by atoms with E-state index in [-0.39, 0.29) is 5.91 Å². The fourth-order valence-electron chi connectivity index (χ4n) is 3.08. The van der Waals surface area contributed by atoms with Gasteiger partial charge >= 0.3 is 6.03 Å². The molecule has 1 unspecified atom stereocenters. The zero-order valence-electron chi connectivity index (χ0n) is 17.4. The van der Waals surface area contributed by atoms with Crippen molar-refractivity contribution in [1.29, 1.82) is 0 Å². The number of halogens is 1. The third-order valence-electron chi connectivity index (χ3n) is 4.68. The molecule has 1 aromatic heterocycles. The lowest BCUT2D eigenvalue weighted by Gasteiger charge is -2.18. The number of hydrogen-bond acceptors (Lipinski definition) is 5. The van der Waals surface area contributed by atoms with Gasteiger partial charge in [0.1, 0.15) is 11.0 Å². The first-order chi connectivity index (χ1) is 16.1. The van der Waals surface area contributed by atoms with Gasteiger partial charge in [-0.1, -0.05) is 83.6 Å². The summed E-state index contributed by atoms with van der Waals surface area (Å²) in [7, 11) is 0. The minimum Gasteiger partial charge on any atom is -0.326 e. The molecule has 7 nitrogen and oxygen atoms in total. The summed E-state index contributed by atoms with van der Waals surface area (Å²) in [4.78, 5) is 25.6. The molecule has 0 aliphatic carbocycles. The SMILES string of the molecule is O=C(Nc1ccccc1)NC(Cc1ccccc1)C(=O)Nc1nnc(-c2ccc(Cl)cc2)s1. The summed E-state index contributed by atoms with van der Waals surface area (Å²) >= 11 is 7.18. The predicted octanol–water partition coefficient (Wildman–Crippen LogP) is 5.23. The van der Waals surface area contributed by atoms with E-state index >= 15 is 0 Å². The minimum absolute atomic E-state index is 0.317. The third-order valence-corrected chi connectivity index (χ3v) is 5.82. The largest absolute Gasteiger partial charge is 0.326 e. The molecule has 0 bridgehead atoms. The predicted molar refractivity (Wildman–Crippen MR) is 132 cm³/mol. The first-order valence-corrected chi connectivity index (χ1v) is 11.3. The van der Waals surface area contributed by atoms with Gasteiger partial charge in [-0.2, -0.15) is 0 Å². The van der Waals surface area contributed by atoms with Gasteiger partial charge in [-0.05, 0) is 29.8 Å². The summed E-state index contributed by atoms with van der Waals surface area (Å²) in [5, 5.41) is 18.1. The summed E-state index contributed by atoms with van der Waals surface area (Å²) in [6.07, 6.45) is 0.317. The van der Waals surface area contributed by atoms with E-state index in [0.717, 1.165) is 11.1 Å². The molecule has 0 radical (unpaired) electrons. The number of nitrogens with one attached hydrogen (secondary N) is 3. The molecule has 0 saturated heterocycles. The van der Waals surface area contributed by atoms with E-state index in [4.69, 9.17) is 11.6 Å². The number of urea groups is 1. The van der Waals surface area contributed by atoms with Crippen LogP contribution in [0.1, 0.15) is 5.56 Å². The summed E-state index contributed by atoms with van der Waals surface area (Å²) in [5.41, 5.74) is 2.39. The van der Waals surface area contributed by atoms with Gasteiger partial charge in [0.25, 0.3) is 0 Å². The van der Waals surface area contributed by atoms with Crippen LogP contribution in [0.2, 0.25) is 5.02 Å². The van der Waals surface area contributed by atoms with Gasteiger partial charge in [-0.25, -0.2) is 4.79 Å². The van der Waals surface area contributed by atoms with Crippen LogP contribution in [0.15, 0.2) is 84.9 Å². The second-order valence-corrected chi connectivity index (χ2v) is 8.53. The topological polar surface area (TPSA) is 96.0 Å². The maximum atomic E-state index is 13.1. The van der Waals surface area contributed by atoms with Crippen molar-refractivity contribution in [2.24, 2.45) is 0 Å². The average Bonchev–Trinajstić information content (AvgIpc) is 3.29. The van der Waals surface area contributed by atoms with Crippen molar-refractivity contribution >= 4 is 45.7 Å². The van der Waals surface area contributed by atoms with Gasteiger partial charge in [-0.15, -0.1) is 10.2 Å². The summed E-state index contributed by atoms with van der Waals surface area (Å²) in [6, 6.07) is 24.4. The number of aromatic nitrogens is 2. The Morgan fingerprint density at radius 1 is 0.848 bits per heavy atom. The second-order valence-electron chi connectivity index (χ2n) is 7.12. The van der Waals surface area contributed by atoms with Crippen molar-refractivity contribution in [3.05, 3.63) is 95.5 Å². The van der Waals surface area contributed by atoms with Crippen LogP contribution < -0.4 is 16.0 Å². The lowest BCUT2D eigenvalue weighted by molar-refractivity contribution is -0.117. The number of nitrogens with zero attached hydrogens (tertiary/aromatic N) is 2. The summed E-state index contributed by atoms with van der Waals surface area (Å²) in [6.45, 7) is 0. The Labute approximate surface area is 199 Å². The van der Waals surface area contributed by atoms with Crippen LogP contribution in [0, 0.1) is 0 Å². The molecule has 1 atom stereocenters. The van der Waals surface area contributed by atoms with Crippen LogP contribution in [-0.4, -0.2) is 28.2 Å². The Bertz CT molecular complexity index is 1220. The molecule has 0 spiro atoms. The van der Waals surface area contributed by atoms with Gasteiger partial charge in [0.05, 0.1) is 0 Å². The molecule has 4 rings (SSSR count). The maximum absolute atomic E-state index is 13.1. The molecule has 166 valence electrons. The lowest BCUT2D eigenvalue weighted by Crippen LogP contribution is -2.46. The first kappa shape index (κ1) is 22.4. The number of carbonyl (C=O) groups excluding carboxylic acids is 2. The van der Waals surface area contributed by atoms with Crippen molar-refractivity contribution in [2.45, 2.75) is 12.5 Å². The number of anilines is 2. The molecule has 33 heavy (non-hydrogen) atoms. The lowest BCUT2D eigenvalue weighted by atomic mass is 10.1. The quantitative estimate of drug-likeness (QED) is 0.339. The highest BCUT2D eigenvalue weighted by molar-refractivity contribution is 7.18. The molecule has 1 heterocycles. The van der Waals surface area contributed by atoms with Gasteiger partial charge in [-0.3, -0.25) is 10.1 Å². The van der Waals surface area contributed by atoms with Crippen molar-refractivity contribution in [3.8, 4) is 10.6 Å². The molecule has 0 saturated carbocycles. The molecule has 0 aliphatic heterocycles. The monoisotopic (exact) mass is 477 g/mol. The molecule has 3 aromatic carbocycles. The summed E-state index contributed by atoms with van der Waals surface area (Å²) in [5.74, 6) is -0.388. The van der Waals surface area contributed by atoms with Crippen LogP contribution in [0.25, 0.3) is 10.6 Å². The Morgan fingerprint density at radius 3 is 2.21 bits per heavy atom. The van der Waals surface area contributed by atoms with Gasteiger partial charge in [0.2, 0.25) is 11.0 Å².